The summed E-state index contributed by atoms with van der Waals surface area (Å²) in [6.07, 6.45) is 9.15. The van der Waals surface area contributed by atoms with Gasteiger partial charge in [-0.05, 0) is 39.0 Å². The minimum absolute atomic E-state index is 0.389. The molecule has 0 aliphatic rings. The summed E-state index contributed by atoms with van der Waals surface area (Å²) in [7, 11) is 0. The van der Waals surface area contributed by atoms with Gasteiger partial charge in [-0.25, -0.2) is 0 Å². The molecule has 0 radical (unpaired) electrons. The van der Waals surface area contributed by atoms with Gasteiger partial charge in [0.25, 0.3) is 0 Å². The molecule has 0 rings (SSSR count). The molecule has 0 amide bonds. The van der Waals surface area contributed by atoms with E-state index in [1.165, 1.54) is 19.3 Å². The molecule has 0 heterocycles. The molecule has 0 saturated carbocycles. The quantitative estimate of drug-likeness (QED) is 0.416. The highest BCUT2D eigenvalue weighted by molar-refractivity contribution is 5.74. The summed E-state index contributed by atoms with van der Waals surface area (Å²) in [4.78, 5) is 11.4. The van der Waals surface area contributed by atoms with Crippen LogP contribution in [0.4, 0.5) is 0 Å². The first-order valence-corrected chi connectivity index (χ1v) is 7.60. The molecular weight excluding hydrogens is 238 g/mol. The molecule has 112 valence electrons. The molecule has 0 aromatic rings. The van der Waals surface area contributed by atoms with Gasteiger partial charge in [0.2, 0.25) is 0 Å². The van der Waals surface area contributed by atoms with Crippen molar-refractivity contribution in [3.8, 4) is 0 Å². The standard InChI is InChI=1S/C16H31NO2/c1-5-8-9-10-11-12-14(4)17-13-16(6-2,7-3)15(18)19/h5,14,17H,1,6-13H2,2-4H3,(H,18,19). The summed E-state index contributed by atoms with van der Waals surface area (Å²) < 4.78 is 0. The number of aliphatic carboxylic acids is 1. The van der Waals surface area contributed by atoms with Gasteiger partial charge in [-0.3, -0.25) is 4.79 Å². The van der Waals surface area contributed by atoms with Gasteiger partial charge in [-0.2, -0.15) is 0 Å². The molecule has 3 heteroatoms. The number of nitrogens with one attached hydrogen (secondary N) is 1. The average Bonchev–Trinajstić information content (AvgIpc) is 2.40. The molecule has 0 bridgehead atoms. The summed E-state index contributed by atoms with van der Waals surface area (Å²) in [6, 6.07) is 0.389. The zero-order valence-electron chi connectivity index (χ0n) is 12.9. The predicted molar refractivity (Wildman–Crippen MR) is 81.4 cm³/mol. The Labute approximate surface area is 118 Å². The van der Waals surface area contributed by atoms with Crippen LogP contribution in [0, 0.1) is 5.41 Å². The number of carboxylic acid groups (broad SMARTS) is 1. The third-order valence-corrected chi connectivity index (χ3v) is 4.14. The number of rotatable bonds is 12. The van der Waals surface area contributed by atoms with Crippen LogP contribution >= 0.6 is 0 Å². The maximum Gasteiger partial charge on any atom is 0.310 e. The Kier molecular flexibility index (Phi) is 9.58. The van der Waals surface area contributed by atoms with Crippen LogP contribution in [0.25, 0.3) is 0 Å². The van der Waals surface area contributed by atoms with Crippen molar-refractivity contribution in [2.45, 2.75) is 71.8 Å². The first-order chi connectivity index (χ1) is 9.02. The predicted octanol–water partition coefficient (Wildman–Crippen LogP) is 3.99. The summed E-state index contributed by atoms with van der Waals surface area (Å²) in [5.41, 5.74) is -0.600. The number of allylic oxidation sites excluding steroid dienone is 1. The van der Waals surface area contributed by atoms with E-state index in [0.29, 0.717) is 25.4 Å². The fourth-order valence-corrected chi connectivity index (χ4v) is 2.27. The van der Waals surface area contributed by atoms with Crippen LogP contribution in [-0.4, -0.2) is 23.7 Å². The van der Waals surface area contributed by atoms with Gasteiger partial charge < -0.3 is 10.4 Å². The van der Waals surface area contributed by atoms with Crippen LogP contribution in [-0.2, 0) is 4.79 Å². The van der Waals surface area contributed by atoms with E-state index >= 15 is 0 Å². The lowest BCUT2D eigenvalue weighted by molar-refractivity contribution is -0.149. The van der Waals surface area contributed by atoms with E-state index in [1.807, 2.05) is 19.9 Å². The fraction of sp³-hybridized carbons (Fsp3) is 0.812. The van der Waals surface area contributed by atoms with Gasteiger partial charge in [-0.15, -0.1) is 6.58 Å². The largest absolute Gasteiger partial charge is 0.481 e. The smallest absolute Gasteiger partial charge is 0.310 e. The Morgan fingerprint density at radius 3 is 2.42 bits per heavy atom. The molecule has 0 fully saturated rings. The van der Waals surface area contributed by atoms with Crippen LogP contribution in [0.2, 0.25) is 0 Å². The second-order valence-electron chi connectivity index (χ2n) is 5.50. The molecule has 0 spiro atoms. The maximum absolute atomic E-state index is 11.4. The average molecular weight is 269 g/mol. The highest BCUT2D eigenvalue weighted by atomic mass is 16.4. The van der Waals surface area contributed by atoms with Crippen molar-refractivity contribution in [3.05, 3.63) is 12.7 Å². The molecule has 0 aromatic heterocycles. The van der Waals surface area contributed by atoms with Gasteiger partial charge in [0.1, 0.15) is 0 Å². The second-order valence-corrected chi connectivity index (χ2v) is 5.50. The third kappa shape index (κ3) is 6.76. The van der Waals surface area contributed by atoms with Crippen LogP contribution in [0.3, 0.4) is 0 Å². The van der Waals surface area contributed by atoms with Crippen molar-refractivity contribution in [2.24, 2.45) is 5.41 Å². The summed E-state index contributed by atoms with van der Waals surface area (Å²) in [6.45, 7) is 10.3. The van der Waals surface area contributed by atoms with Gasteiger partial charge in [-0.1, -0.05) is 32.8 Å². The molecule has 1 unspecified atom stereocenters. The van der Waals surface area contributed by atoms with E-state index in [4.69, 9.17) is 0 Å². The Hall–Kier alpha value is -0.830. The summed E-state index contributed by atoms with van der Waals surface area (Å²) in [5, 5.41) is 12.8. The first-order valence-electron chi connectivity index (χ1n) is 7.60. The minimum Gasteiger partial charge on any atom is -0.481 e. The molecule has 0 aliphatic carbocycles. The van der Waals surface area contributed by atoms with Gasteiger partial charge >= 0.3 is 5.97 Å². The number of carboxylic acids is 1. The summed E-state index contributed by atoms with van der Waals surface area (Å²) in [5.74, 6) is -0.678. The monoisotopic (exact) mass is 269 g/mol. The van der Waals surface area contributed by atoms with Crippen LogP contribution < -0.4 is 5.32 Å². The molecule has 3 nitrogen and oxygen atoms in total. The lowest BCUT2D eigenvalue weighted by Crippen LogP contribution is -2.43. The normalized spacial score (nSPS) is 13.2. The highest BCUT2D eigenvalue weighted by Gasteiger charge is 2.34. The zero-order valence-corrected chi connectivity index (χ0v) is 12.9. The van der Waals surface area contributed by atoms with Crippen molar-refractivity contribution < 1.29 is 9.90 Å². The topological polar surface area (TPSA) is 49.3 Å². The Morgan fingerprint density at radius 1 is 1.32 bits per heavy atom. The molecule has 0 saturated heterocycles. The third-order valence-electron chi connectivity index (χ3n) is 4.14. The lowest BCUT2D eigenvalue weighted by Gasteiger charge is -2.28. The molecule has 19 heavy (non-hydrogen) atoms. The van der Waals surface area contributed by atoms with E-state index in [9.17, 15) is 9.90 Å². The molecule has 2 N–H and O–H groups in total. The second kappa shape index (κ2) is 10.0. The van der Waals surface area contributed by atoms with Crippen molar-refractivity contribution in [3.63, 3.8) is 0 Å². The number of unbranched alkanes of at least 4 members (excludes halogenated alkanes) is 3. The molecular formula is C16H31NO2. The van der Waals surface area contributed by atoms with Crippen molar-refractivity contribution >= 4 is 5.97 Å². The minimum atomic E-state index is -0.678. The number of hydrogen-bond acceptors (Lipinski definition) is 2. The van der Waals surface area contributed by atoms with Crippen LogP contribution in [0.15, 0.2) is 12.7 Å². The van der Waals surface area contributed by atoms with Crippen molar-refractivity contribution in [1.29, 1.82) is 0 Å². The Balaban J connectivity index is 3.95. The highest BCUT2D eigenvalue weighted by Crippen LogP contribution is 2.26. The van der Waals surface area contributed by atoms with Crippen LogP contribution in [0.5, 0.6) is 0 Å². The number of carbonyl (C=O) groups is 1. The van der Waals surface area contributed by atoms with Crippen LogP contribution in [0.1, 0.15) is 65.7 Å². The molecule has 0 aromatic carbocycles. The lowest BCUT2D eigenvalue weighted by atomic mass is 9.82. The summed E-state index contributed by atoms with van der Waals surface area (Å²) >= 11 is 0. The van der Waals surface area contributed by atoms with Gasteiger partial charge in [0, 0.05) is 12.6 Å². The van der Waals surface area contributed by atoms with E-state index in [-0.39, 0.29) is 0 Å². The molecule has 0 aliphatic heterocycles. The van der Waals surface area contributed by atoms with E-state index in [0.717, 1.165) is 12.8 Å². The molecule has 1 atom stereocenters. The Bertz CT molecular complexity index is 259. The number of hydrogen-bond donors (Lipinski definition) is 2. The maximum atomic E-state index is 11.4. The Morgan fingerprint density at radius 2 is 1.95 bits per heavy atom. The van der Waals surface area contributed by atoms with Crippen molar-refractivity contribution in [1.82, 2.24) is 5.32 Å². The zero-order chi connectivity index (χ0) is 14.7. The van der Waals surface area contributed by atoms with Crippen molar-refractivity contribution in [2.75, 3.05) is 6.54 Å². The van der Waals surface area contributed by atoms with Gasteiger partial charge in [0.15, 0.2) is 0 Å². The van der Waals surface area contributed by atoms with Gasteiger partial charge in [0.05, 0.1) is 5.41 Å². The first kappa shape index (κ1) is 18.2. The van der Waals surface area contributed by atoms with E-state index in [2.05, 4.69) is 18.8 Å². The van der Waals surface area contributed by atoms with E-state index in [1.54, 1.807) is 0 Å². The van der Waals surface area contributed by atoms with E-state index < -0.39 is 11.4 Å². The SMILES string of the molecule is C=CCCCCCC(C)NCC(CC)(CC)C(=O)O. The fourth-order valence-electron chi connectivity index (χ4n) is 2.27.